The van der Waals surface area contributed by atoms with E-state index < -0.39 is 6.04 Å². The first-order chi connectivity index (χ1) is 9.63. The number of benzene rings is 1. The van der Waals surface area contributed by atoms with Crippen molar-refractivity contribution in [1.29, 1.82) is 0 Å². The van der Waals surface area contributed by atoms with Crippen LogP contribution in [-0.2, 0) is 4.79 Å². The van der Waals surface area contributed by atoms with Crippen LogP contribution in [0.25, 0.3) is 0 Å². The van der Waals surface area contributed by atoms with Gasteiger partial charge in [-0.2, -0.15) is 0 Å². The molecule has 1 heterocycles. The van der Waals surface area contributed by atoms with E-state index in [0.29, 0.717) is 24.3 Å². The molecule has 2 rings (SSSR count). The normalized spacial score (nSPS) is 17.6. The van der Waals surface area contributed by atoms with Crippen LogP contribution in [0.2, 0.25) is 0 Å². The molecule has 1 aliphatic rings. The van der Waals surface area contributed by atoms with Crippen molar-refractivity contribution in [1.82, 2.24) is 0 Å². The predicted molar refractivity (Wildman–Crippen MR) is 76.5 cm³/mol. The minimum Gasteiger partial charge on any atom is -0.489 e. The maximum Gasteiger partial charge on any atom is 0.247 e. The standard InChI is InChI=1S/C15H18N2O3/c1-17-13-9-11(5-3-2-4-8-18)6-7-14(13)20-10-12(16)15(17)19/h6-7,9,12,18H,2,4,8,10,16H2,1H3/t12-/m0/s1. The molecule has 0 spiro atoms. The molecule has 1 amide bonds. The van der Waals surface area contributed by atoms with Crippen LogP contribution in [-0.4, -0.2) is 37.3 Å². The first-order valence-electron chi connectivity index (χ1n) is 6.53. The molecule has 0 bridgehead atoms. The van der Waals surface area contributed by atoms with Gasteiger partial charge in [0, 0.05) is 25.6 Å². The molecule has 0 saturated heterocycles. The molecule has 3 N–H and O–H groups in total. The average Bonchev–Trinajstić information content (AvgIpc) is 2.57. The van der Waals surface area contributed by atoms with Crippen LogP contribution in [0.4, 0.5) is 5.69 Å². The molecule has 0 saturated carbocycles. The zero-order valence-electron chi connectivity index (χ0n) is 11.4. The van der Waals surface area contributed by atoms with E-state index in [1.54, 1.807) is 13.1 Å². The van der Waals surface area contributed by atoms with Crippen LogP contribution in [0.5, 0.6) is 5.75 Å². The van der Waals surface area contributed by atoms with Crippen molar-refractivity contribution < 1.29 is 14.6 Å². The maximum atomic E-state index is 12.0. The van der Waals surface area contributed by atoms with Crippen molar-refractivity contribution >= 4 is 11.6 Å². The van der Waals surface area contributed by atoms with Gasteiger partial charge in [-0.1, -0.05) is 11.8 Å². The summed E-state index contributed by atoms with van der Waals surface area (Å²) in [5, 5.41) is 8.70. The number of anilines is 1. The Balaban J connectivity index is 2.25. The van der Waals surface area contributed by atoms with Crippen molar-refractivity contribution in [2.45, 2.75) is 18.9 Å². The lowest BCUT2D eigenvalue weighted by atomic mass is 10.1. The average molecular weight is 274 g/mol. The van der Waals surface area contributed by atoms with E-state index in [0.717, 1.165) is 5.56 Å². The van der Waals surface area contributed by atoms with Gasteiger partial charge >= 0.3 is 0 Å². The number of carbonyl (C=O) groups is 1. The number of ether oxygens (including phenoxy) is 1. The van der Waals surface area contributed by atoms with Crippen molar-refractivity contribution in [3.8, 4) is 17.6 Å². The highest BCUT2D eigenvalue weighted by molar-refractivity contribution is 5.98. The number of rotatable bonds is 2. The lowest BCUT2D eigenvalue weighted by molar-refractivity contribution is -0.119. The lowest BCUT2D eigenvalue weighted by Gasteiger charge is -2.17. The molecule has 1 atom stereocenters. The molecule has 0 aromatic heterocycles. The zero-order chi connectivity index (χ0) is 14.5. The summed E-state index contributed by atoms with van der Waals surface area (Å²) < 4.78 is 5.53. The molecular formula is C15H18N2O3. The number of nitrogens with zero attached hydrogens (tertiary/aromatic N) is 1. The second-order valence-electron chi connectivity index (χ2n) is 4.63. The molecule has 1 aromatic rings. The number of nitrogens with two attached hydrogens (primary N) is 1. The number of hydrogen-bond donors (Lipinski definition) is 2. The minimum atomic E-state index is -0.647. The Morgan fingerprint density at radius 1 is 1.55 bits per heavy atom. The van der Waals surface area contributed by atoms with E-state index in [1.807, 2.05) is 12.1 Å². The van der Waals surface area contributed by atoms with E-state index in [4.69, 9.17) is 15.6 Å². The highest BCUT2D eigenvalue weighted by Crippen LogP contribution is 2.31. The van der Waals surface area contributed by atoms with Crippen LogP contribution in [0.15, 0.2) is 18.2 Å². The van der Waals surface area contributed by atoms with E-state index in [2.05, 4.69) is 11.8 Å². The van der Waals surface area contributed by atoms with Crippen molar-refractivity contribution in [3.63, 3.8) is 0 Å². The quantitative estimate of drug-likeness (QED) is 0.608. The van der Waals surface area contributed by atoms with Gasteiger partial charge in [0.05, 0.1) is 5.69 Å². The fourth-order valence-corrected chi connectivity index (χ4v) is 1.93. The van der Waals surface area contributed by atoms with Gasteiger partial charge in [-0.25, -0.2) is 0 Å². The fraction of sp³-hybridized carbons (Fsp3) is 0.400. The number of unbranched alkanes of at least 4 members (excludes halogenated alkanes) is 1. The molecule has 1 aromatic carbocycles. The smallest absolute Gasteiger partial charge is 0.247 e. The molecule has 0 fully saturated rings. The Morgan fingerprint density at radius 3 is 3.10 bits per heavy atom. The first kappa shape index (κ1) is 14.4. The zero-order valence-corrected chi connectivity index (χ0v) is 11.4. The molecule has 1 aliphatic heterocycles. The number of likely N-dealkylation sites (N-methyl/N-ethyl adjacent to an activating group) is 1. The van der Waals surface area contributed by atoms with Crippen molar-refractivity contribution in [2.24, 2.45) is 5.73 Å². The van der Waals surface area contributed by atoms with Gasteiger partial charge in [-0.05, 0) is 24.6 Å². The first-order valence-corrected chi connectivity index (χ1v) is 6.53. The molecule has 5 heteroatoms. The predicted octanol–water partition coefficient (Wildman–Crippen LogP) is 0.493. The summed E-state index contributed by atoms with van der Waals surface area (Å²) in [6, 6.07) is 4.82. The second kappa shape index (κ2) is 6.42. The SMILES string of the molecule is CN1C(=O)[C@@H](N)COc2ccc(C#CCCCO)cc21. The van der Waals surface area contributed by atoms with Gasteiger partial charge in [0.25, 0.3) is 0 Å². The Morgan fingerprint density at radius 2 is 2.35 bits per heavy atom. The molecule has 106 valence electrons. The van der Waals surface area contributed by atoms with E-state index >= 15 is 0 Å². The fourth-order valence-electron chi connectivity index (χ4n) is 1.93. The molecular weight excluding hydrogens is 256 g/mol. The number of aliphatic hydroxyl groups excluding tert-OH is 1. The summed E-state index contributed by atoms with van der Waals surface area (Å²) in [5.41, 5.74) is 7.22. The van der Waals surface area contributed by atoms with Gasteiger partial charge in [-0.15, -0.1) is 0 Å². The molecule has 0 radical (unpaired) electrons. The lowest BCUT2D eigenvalue weighted by Crippen LogP contribution is -2.43. The summed E-state index contributed by atoms with van der Waals surface area (Å²) >= 11 is 0. The van der Waals surface area contributed by atoms with Crippen molar-refractivity contribution in [2.75, 3.05) is 25.2 Å². The van der Waals surface area contributed by atoms with Crippen LogP contribution in [0.3, 0.4) is 0 Å². The Bertz CT molecular complexity index is 560. The molecule has 0 unspecified atom stereocenters. The molecule has 0 aliphatic carbocycles. The van der Waals surface area contributed by atoms with Crippen molar-refractivity contribution in [3.05, 3.63) is 23.8 Å². The van der Waals surface area contributed by atoms with Crippen LogP contribution in [0, 0.1) is 11.8 Å². The maximum absolute atomic E-state index is 12.0. The van der Waals surface area contributed by atoms with Crippen LogP contribution >= 0.6 is 0 Å². The third-order valence-corrected chi connectivity index (χ3v) is 3.08. The summed E-state index contributed by atoms with van der Waals surface area (Å²) in [4.78, 5) is 13.5. The Hall–Kier alpha value is -2.03. The summed E-state index contributed by atoms with van der Waals surface area (Å²) in [6.45, 7) is 0.319. The van der Waals surface area contributed by atoms with Gasteiger partial charge < -0.3 is 20.5 Å². The number of fused-ring (bicyclic) bond motifs is 1. The highest BCUT2D eigenvalue weighted by atomic mass is 16.5. The number of amides is 1. The third-order valence-electron chi connectivity index (χ3n) is 3.08. The summed E-state index contributed by atoms with van der Waals surface area (Å²) in [5.74, 6) is 6.45. The summed E-state index contributed by atoms with van der Waals surface area (Å²) in [6.07, 6.45) is 1.30. The number of hydrogen-bond acceptors (Lipinski definition) is 4. The third kappa shape index (κ3) is 3.10. The largest absolute Gasteiger partial charge is 0.489 e. The van der Waals surface area contributed by atoms with E-state index in [9.17, 15) is 4.79 Å². The van der Waals surface area contributed by atoms with E-state index in [1.165, 1.54) is 4.90 Å². The van der Waals surface area contributed by atoms with Crippen LogP contribution in [0.1, 0.15) is 18.4 Å². The molecule has 5 nitrogen and oxygen atoms in total. The monoisotopic (exact) mass is 274 g/mol. The molecule has 20 heavy (non-hydrogen) atoms. The van der Waals surface area contributed by atoms with Gasteiger partial charge in [-0.3, -0.25) is 4.79 Å². The number of carbonyl (C=O) groups excluding carboxylic acids is 1. The van der Waals surface area contributed by atoms with Gasteiger partial charge in [0.1, 0.15) is 18.4 Å². The van der Waals surface area contributed by atoms with Gasteiger partial charge in [0.15, 0.2) is 0 Å². The highest BCUT2D eigenvalue weighted by Gasteiger charge is 2.26. The minimum absolute atomic E-state index is 0.141. The topological polar surface area (TPSA) is 75.8 Å². The Kier molecular flexibility index (Phi) is 4.61. The second-order valence-corrected chi connectivity index (χ2v) is 4.63. The number of aliphatic hydroxyl groups is 1. The van der Waals surface area contributed by atoms with E-state index in [-0.39, 0.29) is 19.1 Å². The Labute approximate surface area is 118 Å². The van der Waals surface area contributed by atoms with Crippen LogP contribution < -0.4 is 15.4 Å². The summed E-state index contributed by atoms with van der Waals surface area (Å²) in [7, 11) is 1.68. The van der Waals surface area contributed by atoms with Gasteiger partial charge in [0.2, 0.25) is 5.91 Å².